The molecule has 0 bridgehead atoms. The smallest absolute Gasteiger partial charge is 0.308 e. The van der Waals surface area contributed by atoms with Crippen LogP contribution >= 0.6 is 0 Å². The largest absolute Gasteiger partial charge is 0.427 e. The number of benzene rings is 1. The summed E-state index contributed by atoms with van der Waals surface area (Å²) in [4.78, 5) is 13.5. The maximum Gasteiger partial charge on any atom is 0.308 e. The van der Waals surface area contributed by atoms with Crippen molar-refractivity contribution in [1.82, 2.24) is 0 Å². The fourth-order valence-electron chi connectivity index (χ4n) is 3.00. The molecule has 1 aromatic rings. The number of carbonyl (C=O) groups is 1. The summed E-state index contributed by atoms with van der Waals surface area (Å²) in [7, 11) is 0. The first-order valence-corrected chi connectivity index (χ1v) is 6.33. The van der Waals surface area contributed by atoms with E-state index in [1.54, 1.807) is 0 Å². The van der Waals surface area contributed by atoms with Gasteiger partial charge in [0.15, 0.2) is 0 Å². The number of aryl methyl sites for hydroxylation is 2. The minimum atomic E-state index is -0.236. The van der Waals surface area contributed by atoms with Crippen molar-refractivity contribution < 1.29 is 9.53 Å². The van der Waals surface area contributed by atoms with E-state index in [2.05, 4.69) is 4.90 Å². The lowest BCUT2D eigenvalue weighted by molar-refractivity contribution is -0.131. The predicted octanol–water partition coefficient (Wildman–Crippen LogP) is 2.31. The summed E-state index contributed by atoms with van der Waals surface area (Å²) in [6.45, 7) is 3.80. The molecule has 0 saturated carbocycles. The molecule has 2 heterocycles. The van der Waals surface area contributed by atoms with Crippen molar-refractivity contribution in [3.63, 3.8) is 0 Å². The Morgan fingerprint density at radius 1 is 1.18 bits per heavy atom. The van der Waals surface area contributed by atoms with E-state index in [0.717, 1.165) is 18.6 Å². The lowest BCUT2D eigenvalue weighted by Gasteiger charge is -2.37. The number of ether oxygens (including phenoxy) is 1. The fourth-order valence-corrected chi connectivity index (χ4v) is 3.00. The van der Waals surface area contributed by atoms with E-state index in [0.29, 0.717) is 0 Å². The van der Waals surface area contributed by atoms with E-state index < -0.39 is 0 Å². The SMILES string of the molecule is CC(=O)Oc1cc2c3c(c1)CCCN3CCC2. The van der Waals surface area contributed by atoms with Crippen molar-refractivity contribution >= 4 is 11.7 Å². The number of carbonyl (C=O) groups excluding carboxylic acids is 1. The zero-order valence-electron chi connectivity index (χ0n) is 10.2. The highest BCUT2D eigenvalue weighted by Crippen LogP contribution is 2.37. The average molecular weight is 231 g/mol. The summed E-state index contributed by atoms with van der Waals surface area (Å²) >= 11 is 0. The lowest BCUT2D eigenvalue weighted by atomic mass is 9.92. The van der Waals surface area contributed by atoms with Gasteiger partial charge in [-0.3, -0.25) is 4.79 Å². The Labute approximate surface area is 101 Å². The minimum absolute atomic E-state index is 0.236. The molecule has 3 rings (SSSR count). The molecule has 2 aliphatic rings. The summed E-state index contributed by atoms with van der Waals surface area (Å²) in [5, 5.41) is 0. The van der Waals surface area contributed by atoms with Gasteiger partial charge in [0.05, 0.1) is 0 Å². The van der Waals surface area contributed by atoms with E-state index >= 15 is 0 Å². The normalized spacial score (nSPS) is 17.6. The van der Waals surface area contributed by atoms with Gasteiger partial charge in [-0.05, 0) is 48.9 Å². The van der Waals surface area contributed by atoms with Gasteiger partial charge in [0.1, 0.15) is 5.75 Å². The van der Waals surface area contributed by atoms with Gasteiger partial charge in [0, 0.05) is 25.7 Å². The van der Waals surface area contributed by atoms with Crippen LogP contribution in [0.1, 0.15) is 30.9 Å². The van der Waals surface area contributed by atoms with Gasteiger partial charge >= 0.3 is 5.97 Å². The van der Waals surface area contributed by atoms with E-state index in [-0.39, 0.29) is 5.97 Å². The molecule has 0 aromatic heterocycles. The maximum atomic E-state index is 11.0. The molecular weight excluding hydrogens is 214 g/mol. The van der Waals surface area contributed by atoms with Crippen LogP contribution in [-0.2, 0) is 17.6 Å². The summed E-state index contributed by atoms with van der Waals surface area (Å²) in [6, 6.07) is 4.08. The fraction of sp³-hybridized carbons (Fsp3) is 0.500. The minimum Gasteiger partial charge on any atom is -0.427 e. The number of anilines is 1. The Morgan fingerprint density at radius 2 is 1.76 bits per heavy atom. The molecule has 2 aliphatic heterocycles. The summed E-state index contributed by atoms with van der Waals surface area (Å²) < 4.78 is 5.22. The van der Waals surface area contributed by atoms with E-state index in [9.17, 15) is 4.79 Å². The van der Waals surface area contributed by atoms with Crippen LogP contribution in [0.2, 0.25) is 0 Å². The van der Waals surface area contributed by atoms with Crippen LogP contribution in [0.4, 0.5) is 5.69 Å². The summed E-state index contributed by atoms with van der Waals surface area (Å²) in [5.74, 6) is 0.482. The number of rotatable bonds is 1. The average Bonchev–Trinajstić information content (AvgIpc) is 2.28. The number of nitrogens with zero attached hydrogens (tertiary/aromatic N) is 1. The Balaban J connectivity index is 2.05. The zero-order chi connectivity index (χ0) is 11.8. The van der Waals surface area contributed by atoms with Crippen LogP contribution in [0.25, 0.3) is 0 Å². The van der Waals surface area contributed by atoms with E-state index in [1.165, 1.54) is 49.7 Å². The summed E-state index contributed by atoms with van der Waals surface area (Å²) in [5.41, 5.74) is 4.12. The highest BCUT2D eigenvalue weighted by atomic mass is 16.5. The zero-order valence-corrected chi connectivity index (χ0v) is 10.2. The maximum absolute atomic E-state index is 11.0. The molecule has 3 nitrogen and oxygen atoms in total. The number of esters is 1. The molecule has 0 amide bonds. The van der Waals surface area contributed by atoms with E-state index in [1.807, 2.05) is 12.1 Å². The van der Waals surface area contributed by atoms with E-state index in [4.69, 9.17) is 4.74 Å². The molecule has 0 fully saturated rings. The second kappa shape index (κ2) is 4.06. The van der Waals surface area contributed by atoms with Gasteiger partial charge in [0.25, 0.3) is 0 Å². The first-order valence-electron chi connectivity index (χ1n) is 6.33. The van der Waals surface area contributed by atoms with Crippen molar-refractivity contribution in [3.05, 3.63) is 23.3 Å². The first kappa shape index (κ1) is 10.6. The molecule has 17 heavy (non-hydrogen) atoms. The van der Waals surface area contributed by atoms with Crippen LogP contribution in [0, 0.1) is 0 Å². The monoisotopic (exact) mass is 231 g/mol. The molecule has 0 N–H and O–H groups in total. The van der Waals surface area contributed by atoms with Crippen LogP contribution in [-0.4, -0.2) is 19.1 Å². The van der Waals surface area contributed by atoms with Crippen LogP contribution < -0.4 is 9.64 Å². The molecular formula is C14H17NO2. The first-order chi connectivity index (χ1) is 8.24. The van der Waals surface area contributed by atoms with Gasteiger partial charge in [-0.25, -0.2) is 0 Å². The lowest BCUT2D eigenvalue weighted by Crippen LogP contribution is -2.34. The van der Waals surface area contributed by atoms with Gasteiger partial charge in [-0.1, -0.05) is 0 Å². The van der Waals surface area contributed by atoms with Gasteiger partial charge in [-0.15, -0.1) is 0 Å². The topological polar surface area (TPSA) is 29.5 Å². The highest BCUT2D eigenvalue weighted by molar-refractivity contribution is 5.71. The highest BCUT2D eigenvalue weighted by Gasteiger charge is 2.24. The Bertz CT molecular complexity index is 436. The van der Waals surface area contributed by atoms with Crippen LogP contribution in [0.3, 0.4) is 0 Å². The van der Waals surface area contributed by atoms with Crippen LogP contribution in [0.15, 0.2) is 12.1 Å². The van der Waals surface area contributed by atoms with Gasteiger partial charge < -0.3 is 9.64 Å². The quantitative estimate of drug-likeness (QED) is 0.548. The van der Waals surface area contributed by atoms with Crippen LogP contribution in [0.5, 0.6) is 5.75 Å². The van der Waals surface area contributed by atoms with Gasteiger partial charge in [0.2, 0.25) is 0 Å². The van der Waals surface area contributed by atoms with Crippen molar-refractivity contribution in [2.75, 3.05) is 18.0 Å². The third kappa shape index (κ3) is 1.90. The van der Waals surface area contributed by atoms with Crippen molar-refractivity contribution in [2.45, 2.75) is 32.6 Å². The van der Waals surface area contributed by atoms with Gasteiger partial charge in [-0.2, -0.15) is 0 Å². The van der Waals surface area contributed by atoms with Crippen molar-refractivity contribution in [2.24, 2.45) is 0 Å². The number of hydrogen-bond acceptors (Lipinski definition) is 3. The van der Waals surface area contributed by atoms with Crippen molar-refractivity contribution in [1.29, 1.82) is 0 Å². The standard InChI is InChI=1S/C14H17NO2/c1-10(16)17-13-8-11-4-2-6-15-7-3-5-12(9-13)14(11)15/h8-9H,2-7H2,1H3. The Hall–Kier alpha value is -1.51. The third-order valence-electron chi connectivity index (χ3n) is 3.57. The second-order valence-corrected chi connectivity index (χ2v) is 4.88. The molecule has 0 radical (unpaired) electrons. The molecule has 0 aliphatic carbocycles. The predicted molar refractivity (Wildman–Crippen MR) is 66.6 cm³/mol. The molecule has 0 unspecified atom stereocenters. The third-order valence-corrected chi connectivity index (χ3v) is 3.57. The molecule has 3 heteroatoms. The van der Waals surface area contributed by atoms with Crippen molar-refractivity contribution in [3.8, 4) is 5.75 Å². The molecule has 0 atom stereocenters. The second-order valence-electron chi connectivity index (χ2n) is 4.88. The molecule has 0 saturated heterocycles. The Morgan fingerprint density at radius 3 is 2.29 bits per heavy atom. The molecule has 90 valence electrons. The Kier molecular flexibility index (Phi) is 2.54. The number of hydrogen-bond donors (Lipinski definition) is 0. The molecule has 1 aromatic carbocycles. The summed E-state index contributed by atoms with van der Waals surface area (Å²) in [6.07, 6.45) is 4.62. The molecule has 0 spiro atoms.